The Hall–Kier alpha value is 0.100. The molecule has 0 fully saturated rings. The van der Waals surface area contributed by atoms with Gasteiger partial charge in [-0.05, 0) is 35.8 Å². The number of methoxy groups -OCH3 is 1. The zero-order valence-corrected chi connectivity index (χ0v) is 10.5. The van der Waals surface area contributed by atoms with Crippen LogP contribution in [0.5, 0.6) is 0 Å². The molecule has 1 aromatic heterocycles. The number of hydrogen-bond acceptors (Lipinski definition) is 3. The van der Waals surface area contributed by atoms with Gasteiger partial charge in [0.1, 0.15) is 5.60 Å². The lowest BCUT2D eigenvalue weighted by molar-refractivity contribution is 0.0127. The van der Waals surface area contributed by atoms with Gasteiger partial charge in [-0.3, -0.25) is 0 Å². The number of aryl methyl sites for hydroxylation is 1. The number of thiophene rings is 1. The highest BCUT2D eigenvalue weighted by Gasteiger charge is 2.28. The number of rotatable bonds is 3. The zero-order valence-electron chi connectivity index (χ0n) is 8.06. The van der Waals surface area contributed by atoms with Gasteiger partial charge in [-0.2, -0.15) is 0 Å². The Morgan fingerprint density at radius 1 is 1.69 bits per heavy atom. The first kappa shape index (κ1) is 11.2. The van der Waals surface area contributed by atoms with Crippen LogP contribution in [-0.4, -0.2) is 13.7 Å². The van der Waals surface area contributed by atoms with E-state index in [0.717, 1.165) is 9.35 Å². The molecule has 0 bridgehead atoms. The monoisotopic (exact) mass is 263 g/mol. The lowest BCUT2D eigenvalue weighted by Gasteiger charge is -2.25. The van der Waals surface area contributed by atoms with Crippen molar-refractivity contribution in [3.63, 3.8) is 0 Å². The SMILES string of the molecule is COC(C)(CN)c1sc(C)cc1Br. The van der Waals surface area contributed by atoms with E-state index >= 15 is 0 Å². The summed E-state index contributed by atoms with van der Waals surface area (Å²) in [6.07, 6.45) is 0. The lowest BCUT2D eigenvalue weighted by Crippen LogP contribution is -2.33. The zero-order chi connectivity index (χ0) is 10.1. The van der Waals surface area contributed by atoms with E-state index in [-0.39, 0.29) is 5.60 Å². The Kier molecular flexibility index (Phi) is 3.51. The number of nitrogens with two attached hydrogens (primary N) is 1. The summed E-state index contributed by atoms with van der Waals surface area (Å²) in [6.45, 7) is 4.57. The van der Waals surface area contributed by atoms with E-state index in [2.05, 4.69) is 28.9 Å². The number of ether oxygens (including phenoxy) is 1. The van der Waals surface area contributed by atoms with Crippen LogP contribution in [0.4, 0.5) is 0 Å². The second kappa shape index (κ2) is 4.09. The average Bonchev–Trinajstić information content (AvgIpc) is 2.44. The molecule has 2 N–H and O–H groups in total. The molecule has 0 aromatic carbocycles. The summed E-state index contributed by atoms with van der Waals surface area (Å²) in [5, 5.41) is 0. The van der Waals surface area contributed by atoms with Crippen molar-refractivity contribution < 1.29 is 4.74 Å². The van der Waals surface area contributed by atoms with Crippen LogP contribution in [0.25, 0.3) is 0 Å². The molecule has 1 unspecified atom stereocenters. The van der Waals surface area contributed by atoms with Crippen LogP contribution >= 0.6 is 27.3 Å². The Bertz CT molecular complexity index is 294. The predicted molar refractivity (Wildman–Crippen MR) is 60.2 cm³/mol. The molecule has 13 heavy (non-hydrogen) atoms. The maximum absolute atomic E-state index is 5.69. The molecule has 1 heterocycles. The summed E-state index contributed by atoms with van der Waals surface area (Å²) >= 11 is 5.23. The number of hydrogen-bond donors (Lipinski definition) is 1. The average molecular weight is 264 g/mol. The van der Waals surface area contributed by atoms with Gasteiger partial charge in [-0.15, -0.1) is 11.3 Å². The molecule has 0 saturated carbocycles. The molecule has 0 radical (unpaired) electrons. The molecular weight excluding hydrogens is 250 g/mol. The van der Waals surface area contributed by atoms with Crippen LogP contribution in [0, 0.1) is 6.92 Å². The molecule has 4 heteroatoms. The highest BCUT2D eigenvalue weighted by Crippen LogP contribution is 2.36. The molecular formula is C9H14BrNOS. The maximum Gasteiger partial charge on any atom is 0.112 e. The van der Waals surface area contributed by atoms with Gasteiger partial charge >= 0.3 is 0 Å². The van der Waals surface area contributed by atoms with Crippen LogP contribution in [0.3, 0.4) is 0 Å². The van der Waals surface area contributed by atoms with Crippen molar-refractivity contribution in [2.45, 2.75) is 19.4 Å². The number of halogens is 1. The van der Waals surface area contributed by atoms with Crippen molar-refractivity contribution in [2.75, 3.05) is 13.7 Å². The summed E-state index contributed by atoms with van der Waals surface area (Å²) in [7, 11) is 1.69. The Morgan fingerprint density at radius 3 is 2.62 bits per heavy atom. The minimum atomic E-state index is -0.363. The van der Waals surface area contributed by atoms with Gasteiger partial charge in [0.25, 0.3) is 0 Å². The topological polar surface area (TPSA) is 35.2 Å². The molecule has 0 amide bonds. The van der Waals surface area contributed by atoms with Crippen LogP contribution in [0.2, 0.25) is 0 Å². The second-order valence-corrected chi connectivity index (χ2v) is 5.28. The Morgan fingerprint density at radius 2 is 2.31 bits per heavy atom. The first-order valence-corrected chi connectivity index (χ1v) is 5.66. The summed E-state index contributed by atoms with van der Waals surface area (Å²) in [6, 6.07) is 2.09. The van der Waals surface area contributed by atoms with E-state index in [0.29, 0.717) is 6.54 Å². The molecule has 1 rings (SSSR count). The molecule has 0 aliphatic rings. The smallest absolute Gasteiger partial charge is 0.112 e. The van der Waals surface area contributed by atoms with Gasteiger partial charge in [0, 0.05) is 23.0 Å². The van der Waals surface area contributed by atoms with E-state index in [1.807, 2.05) is 6.92 Å². The van der Waals surface area contributed by atoms with Crippen molar-refractivity contribution in [3.8, 4) is 0 Å². The van der Waals surface area contributed by atoms with Gasteiger partial charge in [-0.25, -0.2) is 0 Å². The quantitative estimate of drug-likeness (QED) is 0.910. The normalized spacial score (nSPS) is 15.8. The first-order valence-electron chi connectivity index (χ1n) is 4.05. The van der Waals surface area contributed by atoms with Crippen molar-refractivity contribution in [1.29, 1.82) is 0 Å². The molecule has 2 nitrogen and oxygen atoms in total. The Labute approximate surface area is 91.2 Å². The van der Waals surface area contributed by atoms with Gasteiger partial charge in [-0.1, -0.05) is 0 Å². The third-order valence-electron chi connectivity index (χ3n) is 2.13. The third-order valence-corrected chi connectivity index (χ3v) is 4.31. The minimum Gasteiger partial charge on any atom is -0.372 e. The Balaban J connectivity index is 3.11. The van der Waals surface area contributed by atoms with Crippen LogP contribution in [-0.2, 0) is 10.3 Å². The van der Waals surface area contributed by atoms with E-state index in [4.69, 9.17) is 10.5 Å². The third kappa shape index (κ3) is 2.13. The minimum absolute atomic E-state index is 0.363. The van der Waals surface area contributed by atoms with Gasteiger partial charge in [0.05, 0.1) is 4.88 Å². The van der Waals surface area contributed by atoms with E-state index < -0.39 is 0 Å². The van der Waals surface area contributed by atoms with Crippen molar-refractivity contribution >= 4 is 27.3 Å². The molecule has 0 spiro atoms. The standard InChI is InChI=1S/C9H14BrNOS/c1-6-4-7(10)8(13-6)9(2,5-11)12-3/h4H,5,11H2,1-3H3. The van der Waals surface area contributed by atoms with Crippen molar-refractivity contribution in [3.05, 3.63) is 20.3 Å². The van der Waals surface area contributed by atoms with Crippen LogP contribution in [0.15, 0.2) is 10.5 Å². The molecule has 1 atom stereocenters. The lowest BCUT2D eigenvalue weighted by atomic mass is 10.1. The van der Waals surface area contributed by atoms with Crippen molar-refractivity contribution in [2.24, 2.45) is 5.73 Å². The van der Waals surface area contributed by atoms with Crippen LogP contribution < -0.4 is 5.73 Å². The molecule has 0 aliphatic heterocycles. The fraction of sp³-hybridized carbons (Fsp3) is 0.556. The van der Waals surface area contributed by atoms with Crippen LogP contribution in [0.1, 0.15) is 16.7 Å². The summed E-state index contributed by atoms with van der Waals surface area (Å²) in [4.78, 5) is 2.42. The van der Waals surface area contributed by atoms with Gasteiger partial charge in [0.15, 0.2) is 0 Å². The highest BCUT2D eigenvalue weighted by atomic mass is 79.9. The van der Waals surface area contributed by atoms with E-state index in [9.17, 15) is 0 Å². The van der Waals surface area contributed by atoms with E-state index in [1.165, 1.54) is 4.88 Å². The highest BCUT2D eigenvalue weighted by molar-refractivity contribution is 9.10. The predicted octanol–water partition coefficient (Wildman–Crippen LogP) is 2.64. The maximum atomic E-state index is 5.69. The molecule has 74 valence electrons. The summed E-state index contributed by atoms with van der Waals surface area (Å²) in [5.74, 6) is 0. The molecule has 0 aliphatic carbocycles. The summed E-state index contributed by atoms with van der Waals surface area (Å²) in [5.41, 5.74) is 5.33. The molecule has 1 aromatic rings. The van der Waals surface area contributed by atoms with E-state index in [1.54, 1.807) is 18.4 Å². The summed E-state index contributed by atoms with van der Waals surface area (Å²) < 4.78 is 6.51. The van der Waals surface area contributed by atoms with Gasteiger partial charge in [0.2, 0.25) is 0 Å². The largest absolute Gasteiger partial charge is 0.372 e. The van der Waals surface area contributed by atoms with Gasteiger partial charge < -0.3 is 10.5 Å². The molecule has 0 saturated heterocycles. The fourth-order valence-corrected chi connectivity index (χ4v) is 3.31. The second-order valence-electron chi connectivity index (χ2n) is 3.17. The first-order chi connectivity index (χ1) is 6.03. The fourth-order valence-electron chi connectivity index (χ4n) is 1.11. The van der Waals surface area contributed by atoms with Crippen molar-refractivity contribution in [1.82, 2.24) is 0 Å².